The minimum atomic E-state index is 0.234. The van der Waals surface area contributed by atoms with Gasteiger partial charge < -0.3 is 14.5 Å². The summed E-state index contributed by atoms with van der Waals surface area (Å²) in [6.45, 7) is 4.32. The SMILES string of the molecule is Cc1ncc(-c2ccnc(CC#N)c2)nc1-c1nnc(-c2ccc(CNC3CCOCC3)cc2)o1. The lowest BCUT2D eigenvalue weighted by atomic mass is 10.1. The molecule has 0 bridgehead atoms. The van der Waals surface area contributed by atoms with Gasteiger partial charge in [0.1, 0.15) is 5.69 Å². The Morgan fingerprint density at radius 3 is 2.63 bits per heavy atom. The van der Waals surface area contributed by atoms with Crippen molar-refractivity contribution in [3.63, 3.8) is 0 Å². The summed E-state index contributed by atoms with van der Waals surface area (Å²) in [6.07, 6.45) is 5.69. The molecule has 3 aromatic heterocycles. The summed E-state index contributed by atoms with van der Waals surface area (Å²) in [5, 5.41) is 21.0. The average molecular weight is 468 g/mol. The molecule has 0 aliphatic carbocycles. The normalized spacial score (nSPS) is 14.1. The van der Waals surface area contributed by atoms with Crippen molar-refractivity contribution in [3.05, 3.63) is 65.7 Å². The van der Waals surface area contributed by atoms with E-state index in [1.54, 1.807) is 12.4 Å². The van der Waals surface area contributed by atoms with Crippen LogP contribution in [0.25, 0.3) is 34.3 Å². The molecule has 1 fully saturated rings. The van der Waals surface area contributed by atoms with Crippen LogP contribution in [0, 0.1) is 18.3 Å². The first-order chi connectivity index (χ1) is 17.2. The minimum absolute atomic E-state index is 0.234. The second-order valence-corrected chi connectivity index (χ2v) is 8.44. The van der Waals surface area contributed by atoms with E-state index >= 15 is 0 Å². The maximum atomic E-state index is 8.95. The van der Waals surface area contributed by atoms with Gasteiger partial charge in [0.05, 0.1) is 35.8 Å². The molecule has 0 atom stereocenters. The molecule has 0 radical (unpaired) electrons. The van der Waals surface area contributed by atoms with Crippen LogP contribution in [0.4, 0.5) is 0 Å². The number of nitrogens with one attached hydrogen (secondary N) is 1. The van der Waals surface area contributed by atoms with E-state index in [0.29, 0.717) is 40.6 Å². The zero-order valence-corrected chi connectivity index (χ0v) is 19.4. The van der Waals surface area contributed by atoms with Crippen LogP contribution in [-0.4, -0.2) is 44.4 Å². The molecule has 5 rings (SSSR count). The van der Waals surface area contributed by atoms with E-state index in [9.17, 15) is 0 Å². The van der Waals surface area contributed by atoms with Crippen molar-refractivity contribution in [1.29, 1.82) is 5.26 Å². The molecule has 9 heteroatoms. The van der Waals surface area contributed by atoms with Crippen LogP contribution < -0.4 is 5.32 Å². The molecule has 1 aliphatic rings. The second-order valence-electron chi connectivity index (χ2n) is 8.44. The lowest BCUT2D eigenvalue weighted by molar-refractivity contribution is 0.0776. The predicted octanol–water partition coefficient (Wildman–Crippen LogP) is 3.90. The molecule has 0 saturated carbocycles. The number of rotatable bonds is 7. The summed E-state index contributed by atoms with van der Waals surface area (Å²) >= 11 is 0. The van der Waals surface area contributed by atoms with Gasteiger partial charge in [0, 0.05) is 43.1 Å². The molecule has 1 aromatic carbocycles. The molecule has 1 aliphatic heterocycles. The Bertz CT molecular complexity index is 1340. The van der Waals surface area contributed by atoms with Crippen molar-refractivity contribution >= 4 is 0 Å². The van der Waals surface area contributed by atoms with Crippen LogP contribution in [-0.2, 0) is 17.7 Å². The first-order valence-electron chi connectivity index (χ1n) is 11.6. The Hall–Kier alpha value is -4.00. The number of hydrogen-bond acceptors (Lipinski definition) is 9. The van der Waals surface area contributed by atoms with Crippen LogP contribution in [0.2, 0.25) is 0 Å². The van der Waals surface area contributed by atoms with E-state index in [4.69, 9.17) is 19.4 Å². The first-order valence-corrected chi connectivity index (χ1v) is 11.6. The summed E-state index contributed by atoms with van der Waals surface area (Å²) in [7, 11) is 0. The van der Waals surface area contributed by atoms with Gasteiger partial charge in [0.15, 0.2) is 0 Å². The topological polar surface area (TPSA) is 123 Å². The summed E-state index contributed by atoms with van der Waals surface area (Å²) < 4.78 is 11.4. The Labute approximate surface area is 203 Å². The third-order valence-corrected chi connectivity index (χ3v) is 5.97. The van der Waals surface area contributed by atoms with E-state index in [-0.39, 0.29) is 6.42 Å². The molecule has 0 unspecified atom stereocenters. The third-order valence-electron chi connectivity index (χ3n) is 5.97. The van der Waals surface area contributed by atoms with Gasteiger partial charge >= 0.3 is 0 Å². The maximum absolute atomic E-state index is 8.95. The van der Waals surface area contributed by atoms with Crippen molar-refractivity contribution in [1.82, 2.24) is 30.5 Å². The molecule has 0 spiro atoms. The fourth-order valence-corrected chi connectivity index (χ4v) is 3.97. The third kappa shape index (κ3) is 5.40. The molecule has 1 saturated heterocycles. The maximum Gasteiger partial charge on any atom is 0.268 e. The van der Waals surface area contributed by atoms with E-state index in [1.807, 2.05) is 31.2 Å². The zero-order valence-electron chi connectivity index (χ0n) is 19.4. The fraction of sp³-hybridized carbons (Fsp3) is 0.308. The number of benzene rings is 1. The van der Waals surface area contributed by atoms with Gasteiger partial charge in [-0.25, -0.2) is 4.98 Å². The minimum Gasteiger partial charge on any atom is -0.415 e. The van der Waals surface area contributed by atoms with Gasteiger partial charge in [-0.15, -0.1) is 10.2 Å². The van der Waals surface area contributed by atoms with Crippen LogP contribution in [0.5, 0.6) is 0 Å². The summed E-state index contributed by atoms with van der Waals surface area (Å²) in [5.41, 5.74) is 5.40. The molecule has 4 aromatic rings. The van der Waals surface area contributed by atoms with Crippen LogP contribution in [0.1, 0.15) is 29.8 Å². The van der Waals surface area contributed by atoms with Crippen LogP contribution in [0.15, 0.2) is 53.2 Å². The number of ether oxygens (including phenoxy) is 1. The van der Waals surface area contributed by atoms with Crippen molar-refractivity contribution in [2.24, 2.45) is 0 Å². The summed E-state index contributed by atoms with van der Waals surface area (Å²) in [6, 6.07) is 14.4. The average Bonchev–Trinajstić information content (AvgIpc) is 3.39. The fourth-order valence-electron chi connectivity index (χ4n) is 3.97. The first kappa shape index (κ1) is 22.8. The van der Waals surface area contributed by atoms with Crippen molar-refractivity contribution in [3.8, 4) is 40.4 Å². The number of aromatic nitrogens is 5. The Morgan fingerprint density at radius 2 is 1.83 bits per heavy atom. The Kier molecular flexibility index (Phi) is 6.84. The molecule has 1 N–H and O–H groups in total. The lowest BCUT2D eigenvalue weighted by Gasteiger charge is -2.23. The van der Waals surface area contributed by atoms with Gasteiger partial charge in [0.25, 0.3) is 5.89 Å². The highest BCUT2D eigenvalue weighted by atomic mass is 16.5. The summed E-state index contributed by atoms with van der Waals surface area (Å²) in [4.78, 5) is 13.4. The summed E-state index contributed by atoms with van der Waals surface area (Å²) in [5.74, 6) is 0.735. The second kappa shape index (κ2) is 10.5. The molecule has 0 amide bonds. The van der Waals surface area contributed by atoms with Gasteiger partial charge in [0.2, 0.25) is 5.89 Å². The number of pyridine rings is 1. The molecule has 4 heterocycles. The zero-order chi connectivity index (χ0) is 24.0. The Balaban J connectivity index is 1.32. The van der Waals surface area contributed by atoms with Gasteiger partial charge in [-0.2, -0.15) is 5.26 Å². The van der Waals surface area contributed by atoms with Crippen molar-refractivity contribution < 1.29 is 9.15 Å². The van der Waals surface area contributed by atoms with E-state index < -0.39 is 0 Å². The van der Waals surface area contributed by atoms with Crippen LogP contribution in [0.3, 0.4) is 0 Å². The quantitative estimate of drug-likeness (QED) is 0.431. The highest BCUT2D eigenvalue weighted by Gasteiger charge is 2.17. The molecule has 176 valence electrons. The van der Waals surface area contributed by atoms with Crippen molar-refractivity contribution in [2.75, 3.05) is 13.2 Å². The Morgan fingerprint density at radius 1 is 1.03 bits per heavy atom. The van der Waals surface area contributed by atoms with Crippen LogP contribution >= 0.6 is 0 Å². The van der Waals surface area contributed by atoms with E-state index in [2.05, 4.69) is 43.7 Å². The van der Waals surface area contributed by atoms with Gasteiger partial charge in [-0.3, -0.25) is 9.97 Å². The molecule has 35 heavy (non-hydrogen) atoms. The number of hydrogen-bond donors (Lipinski definition) is 1. The monoisotopic (exact) mass is 467 g/mol. The highest BCUT2D eigenvalue weighted by molar-refractivity contribution is 5.63. The molecular formula is C26H25N7O2. The van der Waals surface area contributed by atoms with E-state index in [0.717, 1.165) is 43.7 Å². The van der Waals surface area contributed by atoms with Gasteiger partial charge in [-0.05, 0) is 49.6 Å². The number of nitriles is 1. The molecular weight excluding hydrogens is 442 g/mol. The lowest BCUT2D eigenvalue weighted by Crippen LogP contribution is -2.34. The predicted molar refractivity (Wildman–Crippen MR) is 129 cm³/mol. The number of nitrogens with zero attached hydrogens (tertiary/aromatic N) is 6. The highest BCUT2D eigenvalue weighted by Crippen LogP contribution is 2.27. The smallest absolute Gasteiger partial charge is 0.268 e. The standard InChI is InChI=1S/C26H25N7O2/c1-17-24(31-23(16-29-17)20-7-11-28-22(14-20)6-10-27)26-33-32-25(35-26)19-4-2-18(3-5-19)15-30-21-8-12-34-13-9-21/h2-5,7,11,14,16,21,30H,6,8-9,12-13,15H2,1H3. The van der Waals surface area contributed by atoms with E-state index in [1.165, 1.54) is 5.56 Å². The largest absolute Gasteiger partial charge is 0.415 e. The number of aryl methyl sites for hydroxylation is 1. The van der Waals surface area contributed by atoms with Gasteiger partial charge in [-0.1, -0.05) is 12.1 Å². The molecule has 9 nitrogen and oxygen atoms in total. The van der Waals surface area contributed by atoms with Crippen molar-refractivity contribution in [2.45, 2.75) is 38.8 Å².